The van der Waals surface area contributed by atoms with Crippen molar-refractivity contribution < 1.29 is 23.5 Å². The predicted molar refractivity (Wildman–Crippen MR) is 203 cm³/mol. The van der Waals surface area contributed by atoms with Crippen LogP contribution in [0.4, 0.5) is 21.6 Å². The molecule has 0 aliphatic carbocycles. The number of amides is 2. The summed E-state index contributed by atoms with van der Waals surface area (Å²) in [5, 5.41) is 3.24. The molecule has 3 aliphatic rings. The molecule has 0 saturated carbocycles. The summed E-state index contributed by atoms with van der Waals surface area (Å²) in [5.74, 6) is -0.443. The number of rotatable bonds is 7. The number of thiophene rings is 1. The number of Topliss-reactive ketones (excluding diaryl/α,β-unsaturated/α-hetero) is 1. The number of halogens is 2. The highest BCUT2D eigenvalue weighted by Crippen LogP contribution is 2.44. The third-order valence-corrected chi connectivity index (χ3v) is 11.9. The third-order valence-electron chi connectivity index (χ3n) is 10.3. The maximum Gasteiger partial charge on any atom is 0.259 e. The number of pyridine rings is 1. The molecule has 52 heavy (non-hydrogen) atoms. The van der Waals surface area contributed by atoms with Crippen LogP contribution >= 0.6 is 22.9 Å². The van der Waals surface area contributed by atoms with E-state index in [1.807, 2.05) is 43.3 Å². The number of para-hydroxylation sites is 1. The molecule has 2 aromatic heterocycles. The zero-order valence-corrected chi connectivity index (χ0v) is 30.2. The molecule has 264 valence electrons. The number of benzene rings is 3. The highest BCUT2D eigenvalue weighted by atomic mass is 35.5. The quantitative estimate of drug-likeness (QED) is 0.169. The molecule has 0 bridgehead atoms. The van der Waals surface area contributed by atoms with E-state index in [0.29, 0.717) is 40.5 Å². The van der Waals surface area contributed by atoms with Gasteiger partial charge in [0.05, 0.1) is 16.1 Å². The van der Waals surface area contributed by atoms with E-state index in [1.165, 1.54) is 23.5 Å². The number of fused-ring (bicyclic) bond motifs is 3. The van der Waals surface area contributed by atoms with Gasteiger partial charge < -0.3 is 19.9 Å². The number of aryl methyl sites for hydroxylation is 1. The first kappa shape index (κ1) is 34.2. The number of anilines is 3. The monoisotopic (exact) mass is 734 g/mol. The van der Waals surface area contributed by atoms with Gasteiger partial charge in [0.15, 0.2) is 5.78 Å². The van der Waals surface area contributed by atoms with Gasteiger partial charge in [-0.1, -0.05) is 35.9 Å². The number of carbonyl (C=O) groups is 3. The first-order valence-corrected chi connectivity index (χ1v) is 18.6. The molecule has 5 heterocycles. The molecule has 2 saturated heterocycles. The van der Waals surface area contributed by atoms with E-state index in [4.69, 9.17) is 16.3 Å². The molecule has 3 aromatic carbocycles. The summed E-state index contributed by atoms with van der Waals surface area (Å²) in [6, 6.07) is 22.7. The smallest absolute Gasteiger partial charge is 0.259 e. The van der Waals surface area contributed by atoms with Gasteiger partial charge in [-0.15, -0.1) is 11.3 Å². The van der Waals surface area contributed by atoms with Gasteiger partial charge in [-0.05, 0) is 91.9 Å². The summed E-state index contributed by atoms with van der Waals surface area (Å²) in [7, 11) is 0. The lowest BCUT2D eigenvalue weighted by molar-refractivity contribution is -0.000511. The lowest BCUT2D eigenvalue weighted by Crippen LogP contribution is -2.59. The highest BCUT2D eigenvalue weighted by molar-refractivity contribution is 7.17. The fraction of sp³-hybridized carbons (Fsp3) is 0.268. The van der Waals surface area contributed by atoms with Crippen molar-refractivity contribution in [3.05, 3.63) is 129 Å². The van der Waals surface area contributed by atoms with Crippen molar-refractivity contribution >= 4 is 57.7 Å². The molecule has 0 atom stereocenters. The van der Waals surface area contributed by atoms with Crippen molar-refractivity contribution in [3.63, 3.8) is 0 Å². The minimum atomic E-state index is -0.502. The normalized spacial score (nSPS) is 16.1. The third kappa shape index (κ3) is 6.51. The molecule has 3 aliphatic heterocycles. The maximum absolute atomic E-state index is 14.4. The Labute approximate surface area is 310 Å². The summed E-state index contributed by atoms with van der Waals surface area (Å²) in [4.78, 5) is 50.9. The predicted octanol–water partition coefficient (Wildman–Crippen LogP) is 8.41. The van der Waals surface area contributed by atoms with Crippen LogP contribution in [0.5, 0.6) is 0 Å². The molecule has 5 aromatic rings. The van der Waals surface area contributed by atoms with Crippen LogP contribution in [-0.4, -0.2) is 55.4 Å². The number of nitrogens with one attached hydrogen (secondary N) is 1. The lowest BCUT2D eigenvalue weighted by Gasteiger charge is -2.53. The number of hydrogen-bond donors (Lipinski definition) is 1. The van der Waals surface area contributed by atoms with Crippen molar-refractivity contribution in [1.82, 2.24) is 4.98 Å². The number of hydrogen-bond acceptors (Lipinski definition) is 7. The molecular weight excluding hydrogens is 699 g/mol. The molecule has 1 spiro atoms. The van der Waals surface area contributed by atoms with Gasteiger partial charge in [0.25, 0.3) is 11.8 Å². The van der Waals surface area contributed by atoms with E-state index < -0.39 is 5.82 Å². The van der Waals surface area contributed by atoms with E-state index >= 15 is 0 Å². The van der Waals surface area contributed by atoms with Crippen LogP contribution in [-0.2, 0) is 17.6 Å². The minimum absolute atomic E-state index is 0.133. The Hall–Kier alpha value is -4.90. The zero-order valence-electron chi connectivity index (χ0n) is 28.6. The van der Waals surface area contributed by atoms with Gasteiger partial charge >= 0.3 is 0 Å². The van der Waals surface area contributed by atoms with Crippen molar-refractivity contribution in [2.75, 3.05) is 48.0 Å². The van der Waals surface area contributed by atoms with Gasteiger partial charge in [-0.3, -0.25) is 14.4 Å². The zero-order chi connectivity index (χ0) is 36.0. The second-order valence-electron chi connectivity index (χ2n) is 13.9. The highest BCUT2D eigenvalue weighted by Gasteiger charge is 2.45. The van der Waals surface area contributed by atoms with Crippen LogP contribution in [0.2, 0.25) is 5.02 Å². The summed E-state index contributed by atoms with van der Waals surface area (Å²) >= 11 is 7.56. The van der Waals surface area contributed by atoms with Gasteiger partial charge in [0.2, 0.25) is 0 Å². The summed E-state index contributed by atoms with van der Waals surface area (Å²) in [6.45, 7) is 5.60. The largest absolute Gasteiger partial charge is 0.381 e. The van der Waals surface area contributed by atoms with Crippen LogP contribution in [0.3, 0.4) is 0 Å². The van der Waals surface area contributed by atoms with Crippen molar-refractivity contribution in [3.8, 4) is 10.4 Å². The minimum Gasteiger partial charge on any atom is -0.381 e. The molecule has 11 heteroatoms. The van der Waals surface area contributed by atoms with Crippen LogP contribution in [0.1, 0.15) is 59.9 Å². The summed E-state index contributed by atoms with van der Waals surface area (Å²) in [6.07, 6.45) is 4.25. The van der Waals surface area contributed by atoms with Gasteiger partial charge in [0.1, 0.15) is 11.6 Å². The molecular formula is C41H36ClFN4O4S. The van der Waals surface area contributed by atoms with Crippen molar-refractivity contribution in [2.24, 2.45) is 5.41 Å². The van der Waals surface area contributed by atoms with Crippen LogP contribution in [0, 0.1) is 18.2 Å². The lowest BCUT2D eigenvalue weighted by atomic mass is 9.73. The van der Waals surface area contributed by atoms with E-state index in [-0.39, 0.29) is 40.0 Å². The molecule has 8 rings (SSSR count). The first-order valence-electron chi connectivity index (χ1n) is 17.4. The van der Waals surface area contributed by atoms with Crippen molar-refractivity contribution in [1.29, 1.82) is 0 Å². The van der Waals surface area contributed by atoms with Crippen LogP contribution < -0.4 is 15.1 Å². The molecule has 2 amide bonds. The molecule has 2 fully saturated rings. The molecule has 0 radical (unpaired) electrons. The van der Waals surface area contributed by atoms with E-state index in [1.54, 1.807) is 41.4 Å². The molecule has 0 unspecified atom stereocenters. The number of ether oxygens (including phenoxy) is 1. The molecule has 1 N–H and O–H groups in total. The fourth-order valence-electron chi connectivity index (χ4n) is 7.46. The summed E-state index contributed by atoms with van der Waals surface area (Å²) < 4.78 is 20.0. The second kappa shape index (κ2) is 13.9. The Morgan fingerprint density at radius 1 is 1.00 bits per heavy atom. The number of aromatic nitrogens is 1. The average Bonchev–Trinajstić information content (AvgIpc) is 3.51. The first-order chi connectivity index (χ1) is 25.2. The molecule has 8 nitrogen and oxygen atoms in total. The van der Waals surface area contributed by atoms with E-state index in [0.717, 1.165) is 66.4 Å². The fourth-order valence-corrected chi connectivity index (χ4v) is 8.87. The number of nitrogens with zero attached hydrogens (tertiary/aromatic N) is 3. The Bertz CT molecular complexity index is 2190. The Morgan fingerprint density at radius 2 is 1.77 bits per heavy atom. The Kier molecular flexibility index (Phi) is 9.15. The number of carbonyl (C=O) groups excluding carboxylic acids is 3. The number of ketones is 1. The Balaban J connectivity index is 0.976. The summed E-state index contributed by atoms with van der Waals surface area (Å²) in [5.41, 5.74) is 5.47. The average molecular weight is 735 g/mol. The van der Waals surface area contributed by atoms with Gasteiger partial charge in [0, 0.05) is 83.2 Å². The van der Waals surface area contributed by atoms with E-state index in [2.05, 4.69) is 15.2 Å². The standard InChI is InChI=1S/C41H36ClFN4O4S/c1-25-19-31(38(44-22-25)46-23-41(24-46)14-17-51-18-15-41)39(49)45-28-11-9-26(10-12-28)40(50)47-16-13-27-20-36(52-37(27)29-5-2-3-8-34(29)47)35(48)21-30-32(42)6-4-7-33(30)43/h2-12,19-20,22H,13-18,21,23-24H2,1H3,(H,45,49). The Morgan fingerprint density at radius 3 is 2.54 bits per heavy atom. The maximum atomic E-state index is 14.4. The topological polar surface area (TPSA) is 91.8 Å². The van der Waals surface area contributed by atoms with Gasteiger partial charge in [-0.2, -0.15) is 0 Å². The van der Waals surface area contributed by atoms with Gasteiger partial charge in [-0.25, -0.2) is 9.37 Å². The SMILES string of the molecule is Cc1cnc(N2CC3(CCOCC3)C2)c(C(=O)Nc2ccc(C(=O)N3CCc4cc(C(=O)Cc5c(F)cccc5Cl)sc4-c4ccccc43)cc2)c1. The van der Waals surface area contributed by atoms with E-state index in [9.17, 15) is 18.8 Å². The van der Waals surface area contributed by atoms with Crippen LogP contribution in [0.15, 0.2) is 85.1 Å². The second-order valence-corrected chi connectivity index (χ2v) is 15.3. The van der Waals surface area contributed by atoms with Crippen molar-refractivity contribution in [2.45, 2.75) is 32.6 Å². The van der Waals surface area contributed by atoms with Crippen LogP contribution in [0.25, 0.3) is 10.4 Å².